The largest absolute Gasteiger partial charge is 0.334 e. The minimum absolute atomic E-state index is 0. The van der Waals surface area contributed by atoms with Crippen molar-refractivity contribution in [3.05, 3.63) is 52.8 Å². The molecule has 1 amide bonds. The number of aromatic amines is 1. The molecule has 2 aromatic rings. The van der Waals surface area contributed by atoms with Gasteiger partial charge in [-0.15, -0.1) is 12.4 Å². The van der Waals surface area contributed by atoms with Crippen LogP contribution in [0.15, 0.2) is 30.3 Å². The van der Waals surface area contributed by atoms with E-state index in [4.69, 9.17) is 0 Å². The molecule has 2 N–H and O–H groups in total. The van der Waals surface area contributed by atoms with E-state index in [-0.39, 0.29) is 24.4 Å². The zero-order valence-electron chi connectivity index (χ0n) is 13.8. The Hall–Kier alpha value is -1.85. The molecule has 0 aliphatic carbocycles. The minimum atomic E-state index is 0. The average molecular weight is 347 g/mol. The third-order valence-electron chi connectivity index (χ3n) is 5.25. The number of fused-ring (bicyclic) bond motifs is 1. The lowest BCUT2D eigenvalue weighted by molar-refractivity contribution is 0.0735. The Bertz CT molecular complexity index is 715. The molecule has 1 fully saturated rings. The Labute approximate surface area is 148 Å². The fourth-order valence-electron chi connectivity index (χ4n) is 3.91. The second-order valence-corrected chi connectivity index (χ2v) is 6.50. The number of halogens is 1. The standard InChI is InChI=1S/C18H22N4O.ClH/c1-12-14(13-5-3-2-4-6-13)8-10-22(12)18(23)17-15-11-19-9-7-16(15)20-21-17;/h2-6,12,14,19H,7-11H2,1H3,(H,20,21);1H. The van der Waals surface area contributed by atoms with Gasteiger partial charge in [0, 0.05) is 49.3 Å². The van der Waals surface area contributed by atoms with Crippen molar-refractivity contribution >= 4 is 18.3 Å². The molecule has 1 aromatic heterocycles. The highest BCUT2D eigenvalue weighted by Gasteiger charge is 2.37. The van der Waals surface area contributed by atoms with Crippen molar-refractivity contribution in [3.8, 4) is 0 Å². The van der Waals surface area contributed by atoms with E-state index in [1.807, 2.05) is 11.0 Å². The smallest absolute Gasteiger partial charge is 0.274 e. The minimum Gasteiger partial charge on any atom is -0.334 e. The number of amides is 1. The summed E-state index contributed by atoms with van der Waals surface area (Å²) in [6, 6.07) is 10.7. The molecule has 0 bridgehead atoms. The number of carbonyl (C=O) groups is 1. The number of nitrogens with one attached hydrogen (secondary N) is 2. The van der Waals surface area contributed by atoms with Gasteiger partial charge in [-0.25, -0.2) is 0 Å². The molecule has 5 nitrogen and oxygen atoms in total. The van der Waals surface area contributed by atoms with Gasteiger partial charge in [0.05, 0.1) is 0 Å². The van der Waals surface area contributed by atoms with Crippen LogP contribution in [0.4, 0.5) is 0 Å². The monoisotopic (exact) mass is 346 g/mol. The molecule has 3 heterocycles. The second-order valence-electron chi connectivity index (χ2n) is 6.50. The summed E-state index contributed by atoms with van der Waals surface area (Å²) in [7, 11) is 0. The van der Waals surface area contributed by atoms with Gasteiger partial charge in [0.25, 0.3) is 5.91 Å². The van der Waals surface area contributed by atoms with E-state index in [0.717, 1.165) is 43.7 Å². The van der Waals surface area contributed by atoms with Gasteiger partial charge in [-0.2, -0.15) is 5.10 Å². The fraction of sp³-hybridized carbons (Fsp3) is 0.444. The highest BCUT2D eigenvalue weighted by Crippen LogP contribution is 2.34. The van der Waals surface area contributed by atoms with Gasteiger partial charge in [0.1, 0.15) is 0 Å². The molecule has 1 saturated heterocycles. The van der Waals surface area contributed by atoms with Crippen LogP contribution in [0.1, 0.15) is 46.6 Å². The maximum absolute atomic E-state index is 13.0. The van der Waals surface area contributed by atoms with Crippen molar-refractivity contribution in [2.24, 2.45) is 0 Å². The Morgan fingerprint density at radius 3 is 2.88 bits per heavy atom. The number of hydrogen-bond donors (Lipinski definition) is 2. The lowest BCUT2D eigenvalue weighted by Gasteiger charge is -2.25. The molecule has 2 aliphatic rings. The summed E-state index contributed by atoms with van der Waals surface area (Å²) in [5.74, 6) is 0.477. The van der Waals surface area contributed by atoms with Crippen molar-refractivity contribution in [2.75, 3.05) is 13.1 Å². The maximum Gasteiger partial charge on any atom is 0.274 e. The molecule has 0 spiro atoms. The topological polar surface area (TPSA) is 61.0 Å². The Balaban J connectivity index is 0.00000169. The van der Waals surface area contributed by atoms with Gasteiger partial charge >= 0.3 is 0 Å². The summed E-state index contributed by atoms with van der Waals surface area (Å²) in [6.45, 7) is 4.63. The van der Waals surface area contributed by atoms with Gasteiger partial charge in [-0.3, -0.25) is 9.89 Å². The molecule has 128 valence electrons. The van der Waals surface area contributed by atoms with Crippen molar-refractivity contribution in [2.45, 2.75) is 38.3 Å². The van der Waals surface area contributed by atoms with Crippen LogP contribution in [-0.4, -0.2) is 40.1 Å². The van der Waals surface area contributed by atoms with Crippen molar-refractivity contribution in [1.82, 2.24) is 20.4 Å². The van der Waals surface area contributed by atoms with Crippen molar-refractivity contribution in [1.29, 1.82) is 0 Å². The van der Waals surface area contributed by atoms with E-state index in [1.54, 1.807) is 0 Å². The normalized spacial score (nSPS) is 22.8. The van der Waals surface area contributed by atoms with Crippen LogP contribution in [0.2, 0.25) is 0 Å². The number of likely N-dealkylation sites (tertiary alicyclic amines) is 1. The Morgan fingerprint density at radius 2 is 2.08 bits per heavy atom. The van der Waals surface area contributed by atoms with Gasteiger partial charge in [0.2, 0.25) is 0 Å². The summed E-state index contributed by atoms with van der Waals surface area (Å²) in [6.07, 6.45) is 1.93. The fourth-order valence-corrected chi connectivity index (χ4v) is 3.91. The number of rotatable bonds is 2. The first kappa shape index (κ1) is 17.0. The van der Waals surface area contributed by atoms with Crippen molar-refractivity contribution < 1.29 is 4.79 Å². The summed E-state index contributed by atoms with van der Waals surface area (Å²) < 4.78 is 0. The third-order valence-corrected chi connectivity index (χ3v) is 5.25. The zero-order chi connectivity index (χ0) is 15.8. The second kappa shape index (κ2) is 6.95. The highest BCUT2D eigenvalue weighted by atomic mass is 35.5. The lowest BCUT2D eigenvalue weighted by Crippen LogP contribution is -2.36. The van der Waals surface area contributed by atoms with E-state index < -0.39 is 0 Å². The molecule has 1 aromatic carbocycles. The van der Waals surface area contributed by atoms with Gasteiger partial charge in [-0.05, 0) is 18.9 Å². The van der Waals surface area contributed by atoms with Crippen LogP contribution in [0.3, 0.4) is 0 Å². The van der Waals surface area contributed by atoms with Gasteiger partial charge in [-0.1, -0.05) is 30.3 Å². The number of hydrogen-bond acceptors (Lipinski definition) is 3. The van der Waals surface area contributed by atoms with E-state index >= 15 is 0 Å². The number of nitrogens with zero attached hydrogens (tertiary/aromatic N) is 2. The van der Waals surface area contributed by atoms with Gasteiger partial charge in [0.15, 0.2) is 5.69 Å². The summed E-state index contributed by atoms with van der Waals surface area (Å²) in [4.78, 5) is 15.0. The SMILES string of the molecule is CC1C(c2ccccc2)CCN1C(=O)c1n[nH]c2c1CNCC2.Cl. The molecule has 2 atom stereocenters. The van der Waals surface area contributed by atoms with Crippen LogP contribution in [0.5, 0.6) is 0 Å². The molecule has 4 rings (SSSR count). The van der Waals surface area contributed by atoms with E-state index in [2.05, 4.69) is 46.7 Å². The molecular formula is C18H23ClN4O. The Morgan fingerprint density at radius 1 is 1.29 bits per heavy atom. The third kappa shape index (κ3) is 2.82. The van der Waals surface area contributed by atoms with Crippen molar-refractivity contribution in [3.63, 3.8) is 0 Å². The van der Waals surface area contributed by atoms with E-state index in [0.29, 0.717) is 11.6 Å². The number of aromatic nitrogens is 2. The number of H-pyrrole nitrogens is 1. The first-order chi connectivity index (χ1) is 11.3. The Kier molecular flexibility index (Phi) is 4.92. The van der Waals surface area contributed by atoms with E-state index in [1.165, 1.54) is 5.56 Å². The molecule has 2 aliphatic heterocycles. The van der Waals surface area contributed by atoms with Crippen LogP contribution in [-0.2, 0) is 13.0 Å². The average Bonchev–Trinajstić information content (AvgIpc) is 3.19. The molecule has 24 heavy (non-hydrogen) atoms. The summed E-state index contributed by atoms with van der Waals surface area (Å²) in [5.41, 5.74) is 4.09. The first-order valence-electron chi connectivity index (χ1n) is 8.38. The summed E-state index contributed by atoms with van der Waals surface area (Å²) >= 11 is 0. The zero-order valence-corrected chi connectivity index (χ0v) is 14.6. The molecule has 2 unspecified atom stereocenters. The van der Waals surface area contributed by atoms with Crippen LogP contribution in [0.25, 0.3) is 0 Å². The molecular weight excluding hydrogens is 324 g/mol. The number of benzene rings is 1. The van der Waals surface area contributed by atoms with E-state index in [9.17, 15) is 4.79 Å². The number of carbonyl (C=O) groups excluding carboxylic acids is 1. The predicted molar refractivity (Wildman–Crippen MR) is 95.5 cm³/mol. The van der Waals surface area contributed by atoms with Crippen LogP contribution in [0, 0.1) is 0 Å². The molecule has 0 saturated carbocycles. The van der Waals surface area contributed by atoms with Gasteiger partial charge < -0.3 is 10.2 Å². The molecule has 6 heteroatoms. The summed E-state index contributed by atoms with van der Waals surface area (Å²) in [5, 5.41) is 10.7. The quantitative estimate of drug-likeness (QED) is 0.878. The van der Waals surface area contributed by atoms with Crippen LogP contribution >= 0.6 is 12.4 Å². The molecule has 0 radical (unpaired) electrons. The highest BCUT2D eigenvalue weighted by molar-refractivity contribution is 5.94. The maximum atomic E-state index is 13.0. The first-order valence-corrected chi connectivity index (χ1v) is 8.38. The predicted octanol–water partition coefficient (Wildman–Crippen LogP) is 2.50. The lowest BCUT2D eigenvalue weighted by atomic mass is 9.93. The van der Waals surface area contributed by atoms with Crippen LogP contribution < -0.4 is 5.32 Å².